The van der Waals surface area contributed by atoms with E-state index in [-0.39, 0.29) is 0 Å². The Hall–Kier alpha value is -2.10. The maximum Gasteiger partial charge on any atom is 0.328 e. The second-order valence-electron chi connectivity index (χ2n) is 2.16. The maximum atomic E-state index is 9.99. The Kier molecular flexibility index (Phi) is 6.41. The van der Waals surface area contributed by atoms with Crippen LogP contribution >= 0.6 is 0 Å². The highest BCUT2D eigenvalue weighted by atomic mass is 16.4. The van der Waals surface area contributed by atoms with Crippen molar-refractivity contribution in [2.24, 2.45) is 0 Å². The van der Waals surface area contributed by atoms with E-state index in [0.29, 0.717) is 0 Å². The van der Waals surface area contributed by atoms with Gasteiger partial charge in [-0.1, -0.05) is 36.5 Å². The van der Waals surface area contributed by atoms with Gasteiger partial charge in [-0.2, -0.15) is 0 Å². The molecule has 0 atom stereocenters. The van der Waals surface area contributed by atoms with E-state index in [1.165, 1.54) is 24.3 Å². The van der Waals surface area contributed by atoms with Crippen molar-refractivity contribution in [2.45, 2.75) is 0 Å². The van der Waals surface area contributed by atoms with Crippen LogP contribution in [-0.4, -0.2) is 22.2 Å². The smallest absolute Gasteiger partial charge is 0.328 e. The van der Waals surface area contributed by atoms with E-state index in [4.69, 9.17) is 10.2 Å². The van der Waals surface area contributed by atoms with Gasteiger partial charge in [0.1, 0.15) is 0 Å². The highest BCUT2D eigenvalue weighted by molar-refractivity contribution is 5.80. The fourth-order valence-electron chi connectivity index (χ4n) is 0.532. The second kappa shape index (κ2) is 7.54. The first-order valence-electron chi connectivity index (χ1n) is 3.77. The van der Waals surface area contributed by atoms with Crippen LogP contribution in [0.5, 0.6) is 0 Å². The van der Waals surface area contributed by atoms with E-state index in [9.17, 15) is 9.59 Å². The van der Waals surface area contributed by atoms with Crippen molar-refractivity contribution in [3.05, 3.63) is 48.6 Å². The van der Waals surface area contributed by atoms with Crippen LogP contribution in [0.2, 0.25) is 0 Å². The van der Waals surface area contributed by atoms with Crippen molar-refractivity contribution < 1.29 is 19.8 Å². The number of allylic oxidation sites excluding steroid dienone is 6. The van der Waals surface area contributed by atoms with Crippen LogP contribution in [0.25, 0.3) is 0 Å². The third-order valence-corrected chi connectivity index (χ3v) is 1.03. The summed E-state index contributed by atoms with van der Waals surface area (Å²) in [5, 5.41) is 16.4. The van der Waals surface area contributed by atoms with Crippen LogP contribution in [-0.2, 0) is 9.59 Å². The molecule has 0 radical (unpaired) electrons. The highest BCUT2D eigenvalue weighted by Gasteiger charge is 1.80. The van der Waals surface area contributed by atoms with Crippen molar-refractivity contribution >= 4 is 11.9 Å². The molecule has 2 N–H and O–H groups in total. The normalized spacial score (nSPS) is 12.3. The Morgan fingerprint density at radius 1 is 0.643 bits per heavy atom. The molecular weight excluding hydrogens is 184 g/mol. The van der Waals surface area contributed by atoms with Gasteiger partial charge in [-0.05, 0) is 0 Å². The number of rotatable bonds is 5. The van der Waals surface area contributed by atoms with E-state index in [1.807, 2.05) is 0 Å². The average Bonchev–Trinajstić information content (AvgIpc) is 2.08. The van der Waals surface area contributed by atoms with E-state index in [2.05, 4.69) is 0 Å². The largest absolute Gasteiger partial charge is 0.478 e. The number of hydrogen-bond donors (Lipinski definition) is 2. The fourth-order valence-corrected chi connectivity index (χ4v) is 0.532. The first-order chi connectivity index (χ1) is 6.63. The van der Waals surface area contributed by atoms with Crippen LogP contribution in [0.4, 0.5) is 0 Å². The third-order valence-electron chi connectivity index (χ3n) is 1.03. The average molecular weight is 194 g/mol. The number of hydrogen-bond acceptors (Lipinski definition) is 2. The van der Waals surface area contributed by atoms with Gasteiger partial charge < -0.3 is 10.2 Å². The summed E-state index contributed by atoms with van der Waals surface area (Å²) in [6, 6.07) is 0. The standard InChI is InChI=1S/C10H10O4/c11-9(12)7-5-3-1-2-4-6-8-10(13)14/h1-8H,(H,11,12)(H,13,14)/b3-1-,4-2-,7-5-,8-6-. The quantitative estimate of drug-likeness (QED) is 0.512. The zero-order valence-electron chi connectivity index (χ0n) is 7.33. The Labute approximate surface area is 81.2 Å². The molecular formula is C10H10O4. The predicted octanol–water partition coefficient (Wildman–Crippen LogP) is 1.38. The molecule has 0 aliphatic carbocycles. The molecule has 0 unspecified atom stereocenters. The zero-order valence-corrected chi connectivity index (χ0v) is 7.33. The first-order valence-corrected chi connectivity index (χ1v) is 3.77. The molecule has 0 saturated heterocycles. The summed E-state index contributed by atoms with van der Waals surface area (Å²) in [5.74, 6) is -2.02. The molecule has 0 fully saturated rings. The van der Waals surface area contributed by atoms with Crippen LogP contribution in [0, 0.1) is 0 Å². The van der Waals surface area contributed by atoms with Crippen molar-refractivity contribution in [1.82, 2.24) is 0 Å². The molecule has 0 aromatic rings. The zero-order chi connectivity index (χ0) is 10.8. The minimum absolute atomic E-state index is 0.997. The molecule has 4 heteroatoms. The Morgan fingerprint density at radius 2 is 0.929 bits per heavy atom. The summed E-state index contributed by atoms with van der Waals surface area (Å²) in [7, 11) is 0. The summed E-state index contributed by atoms with van der Waals surface area (Å²) < 4.78 is 0. The lowest BCUT2D eigenvalue weighted by molar-refractivity contribution is -0.132. The van der Waals surface area contributed by atoms with Crippen LogP contribution in [0.3, 0.4) is 0 Å². The molecule has 0 heterocycles. The monoisotopic (exact) mass is 194 g/mol. The molecule has 0 aliphatic rings. The van der Waals surface area contributed by atoms with Crippen LogP contribution in [0.15, 0.2) is 48.6 Å². The van der Waals surface area contributed by atoms with Gasteiger partial charge in [-0.3, -0.25) is 0 Å². The van der Waals surface area contributed by atoms with Crippen molar-refractivity contribution in [2.75, 3.05) is 0 Å². The third kappa shape index (κ3) is 9.90. The predicted molar refractivity (Wildman–Crippen MR) is 51.8 cm³/mol. The Morgan fingerprint density at radius 3 is 1.21 bits per heavy atom. The van der Waals surface area contributed by atoms with Gasteiger partial charge in [0.2, 0.25) is 0 Å². The molecule has 4 nitrogen and oxygen atoms in total. The lowest BCUT2D eigenvalue weighted by atomic mass is 10.4. The van der Waals surface area contributed by atoms with Crippen LogP contribution < -0.4 is 0 Å². The molecule has 74 valence electrons. The van der Waals surface area contributed by atoms with E-state index < -0.39 is 11.9 Å². The molecule has 0 aliphatic heterocycles. The molecule has 0 aromatic carbocycles. The van der Waals surface area contributed by atoms with Gasteiger partial charge in [0.05, 0.1) is 0 Å². The second-order valence-corrected chi connectivity index (χ2v) is 2.16. The molecule has 0 bridgehead atoms. The Balaban J connectivity index is 3.82. The van der Waals surface area contributed by atoms with E-state index in [1.54, 1.807) is 12.2 Å². The molecule has 0 spiro atoms. The van der Waals surface area contributed by atoms with Crippen LogP contribution in [0.1, 0.15) is 0 Å². The van der Waals surface area contributed by atoms with Gasteiger partial charge in [0, 0.05) is 12.2 Å². The topological polar surface area (TPSA) is 74.6 Å². The van der Waals surface area contributed by atoms with Crippen molar-refractivity contribution in [3.8, 4) is 0 Å². The van der Waals surface area contributed by atoms with Gasteiger partial charge in [-0.25, -0.2) is 9.59 Å². The van der Waals surface area contributed by atoms with Gasteiger partial charge >= 0.3 is 11.9 Å². The highest BCUT2D eigenvalue weighted by Crippen LogP contribution is 1.82. The summed E-state index contributed by atoms with van der Waals surface area (Å²) in [6.07, 6.45) is 11.0. The first kappa shape index (κ1) is 11.9. The lowest BCUT2D eigenvalue weighted by Gasteiger charge is -1.75. The van der Waals surface area contributed by atoms with E-state index >= 15 is 0 Å². The Bertz CT molecular complexity index is 276. The van der Waals surface area contributed by atoms with E-state index in [0.717, 1.165) is 12.2 Å². The number of aliphatic carboxylic acids is 2. The molecule has 0 rings (SSSR count). The molecule has 0 amide bonds. The number of carbonyl (C=O) groups is 2. The summed E-state index contributed by atoms with van der Waals surface area (Å²) in [4.78, 5) is 20.0. The molecule has 14 heavy (non-hydrogen) atoms. The molecule has 0 saturated carbocycles. The minimum Gasteiger partial charge on any atom is -0.478 e. The van der Waals surface area contributed by atoms with Gasteiger partial charge in [0.15, 0.2) is 0 Å². The molecule has 0 aromatic heterocycles. The number of carboxylic acids is 2. The minimum atomic E-state index is -1.01. The summed E-state index contributed by atoms with van der Waals surface area (Å²) >= 11 is 0. The van der Waals surface area contributed by atoms with Crippen molar-refractivity contribution in [1.29, 1.82) is 0 Å². The summed E-state index contributed by atoms with van der Waals surface area (Å²) in [6.45, 7) is 0. The van der Waals surface area contributed by atoms with Gasteiger partial charge in [0.25, 0.3) is 0 Å². The number of carboxylic acid groups (broad SMARTS) is 2. The SMILES string of the molecule is O=C(O)\C=C/C=C\C=C/C=C\C(=O)O. The summed E-state index contributed by atoms with van der Waals surface area (Å²) in [5.41, 5.74) is 0. The maximum absolute atomic E-state index is 9.99. The van der Waals surface area contributed by atoms with Gasteiger partial charge in [-0.15, -0.1) is 0 Å². The fraction of sp³-hybridized carbons (Fsp3) is 0. The van der Waals surface area contributed by atoms with Crippen molar-refractivity contribution in [3.63, 3.8) is 0 Å². The lowest BCUT2D eigenvalue weighted by Crippen LogP contribution is -1.84.